The van der Waals surface area contributed by atoms with Crippen molar-refractivity contribution in [3.8, 4) is 0 Å². The van der Waals surface area contributed by atoms with Crippen LogP contribution in [0.5, 0.6) is 0 Å². The zero-order valence-electron chi connectivity index (χ0n) is 10.7. The van der Waals surface area contributed by atoms with Crippen molar-refractivity contribution in [2.45, 2.75) is 31.5 Å². The van der Waals surface area contributed by atoms with Crippen LogP contribution in [0.25, 0.3) is 0 Å². The Hall–Kier alpha value is -0.650. The Labute approximate surface area is 102 Å². The van der Waals surface area contributed by atoms with E-state index in [2.05, 4.69) is 4.90 Å². The first kappa shape index (κ1) is 12.8. The number of nitrogens with zero attached hydrogens (tertiary/aromatic N) is 2. The molecule has 2 saturated heterocycles. The zero-order chi connectivity index (χ0) is 12.5. The fourth-order valence-corrected chi connectivity index (χ4v) is 2.60. The fourth-order valence-electron chi connectivity index (χ4n) is 2.60. The van der Waals surface area contributed by atoms with Crippen LogP contribution in [0.1, 0.15) is 19.8 Å². The van der Waals surface area contributed by atoms with E-state index in [1.807, 2.05) is 18.9 Å². The highest BCUT2D eigenvalue weighted by Crippen LogP contribution is 2.22. The van der Waals surface area contributed by atoms with Gasteiger partial charge in [0.05, 0.1) is 12.7 Å². The molecule has 1 atom stereocenters. The molecule has 0 aliphatic carbocycles. The number of aliphatic hydroxyl groups is 1. The molecule has 1 N–H and O–H groups in total. The molecule has 0 aromatic heterocycles. The van der Waals surface area contributed by atoms with Gasteiger partial charge in [0.25, 0.3) is 5.91 Å². The normalized spacial score (nSPS) is 32.8. The second-order valence-electron chi connectivity index (χ2n) is 5.34. The Kier molecular flexibility index (Phi) is 3.70. The highest BCUT2D eigenvalue weighted by molar-refractivity contribution is 5.85. The van der Waals surface area contributed by atoms with Crippen molar-refractivity contribution in [3.05, 3.63) is 0 Å². The van der Waals surface area contributed by atoms with E-state index in [0.717, 1.165) is 6.54 Å². The predicted octanol–water partition coefficient (Wildman–Crippen LogP) is -0.310. The number of ether oxygens (including phenoxy) is 1. The number of hydrogen-bond donors (Lipinski definition) is 1. The average molecular weight is 242 g/mol. The molecule has 1 amide bonds. The van der Waals surface area contributed by atoms with Crippen LogP contribution in [0.3, 0.4) is 0 Å². The summed E-state index contributed by atoms with van der Waals surface area (Å²) in [5.74, 6) is 0.0657. The van der Waals surface area contributed by atoms with E-state index in [-0.39, 0.29) is 12.0 Å². The first-order valence-electron chi connectivity index (χ1n) is 6.31. The third-order valence-electron chi connectivity index (χ3n) is 3.67. The van der Waals surface area contributed by atoms with Crippen LogP contribution < -0.4 is 0 Å². The number of rotatable bonds is 1. The second-order valence-corrected chi connectivity index (χ2v) is 5.34. The van der Waals surface area contributed by atoms with Crippen molar-refractivity contribution >= 4 is 5.91 Å². The Balaban J connectivity index is 1.98. The number of likely N-dealkylation sites (tertiary alicyclic amines) is 1. The van der Waals surface area contributed by atoms with E-state index in [9.17, 15) is 9.90 Å². The van der Waals surface area contributed by atoms with Crippen molar-refractivity contribution in [2.24, 2.45) is 0 Å². The smallest absolute Gasteiger partial charge is 0.255 e. The van der Waals surface area contributed by atoms with Gasteiger partial charge in [-0.15, -0.1) is 0 Å². The topological polar surface area (TPSA) is 53.0 Å². The van der Waals surface area contributed by atoms with Gasteiger partial charge in [0.2, 0.25) is 0 Å². The highest BCUT2D eigenvalue weighted by Gasteiger charge is 2.41. The predicted molar refractivity (Wildman–Crippen MR) is 63.7 cm³/mol. The van der Waals surface area contributed by atoms with E-state index < -0.39 is 5.60 Å². The molecule has 2 rings (SSSR count). The SMILES string of the molecule is CN1CCO[C@@](C)(C(=O)N2CCC(O)CC2)C1. The van der Waals surface area contributed by atoms with E-state index in [1.165, 1.54) is 0 Å². The largest absolute Gasteiger partial charge is 0.393 e. The lowest BCUT2D eigenvalue weighted by atomic mass is 9.99. The molecular formula is C12H22N2O3. The maximum Gasteiger partial charge on any atom is 0.255 e. The number of aliphatic hydroxyl groups excluding tert-OH is 1. The monoisotopic (exact) mass is 242 g/mol. The van der Waals surface area contributed by atoms with E-state index in [4.69, 9.17) is 4.74 Å². The minimum Gasteiger partial charge on any atom is -0.393 e. The van der Waals surface area contributed by atoms with Crippen molar-refractivity contribution in [1.29, 1.82) is 0 Å². The van der Waals surface area contributed by atoms with Crippen LogP contribution in [0.2, 0.25) is 0 Å². The minimum absolute atomic E-state index is 0.0657. The molecule has 0 unspecified atom stereocenters. The molecule has 0 aromatic carbocycles. The summed E-state index contributed by atoms with van der Waals surface area (Å²) in [5, 5.41) is 9.45. The Morgan fingerprint density at radius 1 is 1.35 bits per heavy atom. The number of carbonyl (C=O) groups excluding carboxylic acids is 1. The number of hydrogen-bond acceptors (Lipinski definition) is 4. The van der Waals surface area contributed by atoms with Gasteiger partial charge in [-0.2, -0.15) is 0 Å². The molecule has 5 nitrogen and oxygen atoms in total. The van der Waals surface area contributed by atoms with E-state index in [0.29, 0.717) is 39.1 Å². The molecular weight excluding hydrogens is 220 g/mol. The summed E-state index contributed by atoms with van der Waals surface area (Å²) in [6, 6.07) is 0. The van der Waals surface area contributed by atoms with Crippen LogP contribution in [-0.4, -0.2) is 72.4 Å². The lowest BCUT2D eigenvalue weighted by Gasteiger charge is -2.42. The molecule has 0 saturated carbocycles. The van der Waals surface area contributed by atoms with Crippen LogP contribution in [0.15, 0.2) is 0 Å². The quantitative estimate of drug-likeness (QED) is 0.685. The van der Waals surface area contributed by atoms with Crippen LogP contribution >= 0.6 is 0 Å². The van der Waals surface area contributed by atoms with Gasteiger partial charge in [0.1, 0.15) is 0 Å². The van der Waals surface area contributed by atoms with Crippen molar-refractivity contribution in [3.63, 3.8) is 0 Å². The Morgan fingerprint density at radius 3 is 2.59 bits per heavy atom. The van der Waals surface area contributed by atoms with Gasteiger partial charge in [0.15, 0.2) is 5.60 Å². The maximum atomic E-state index is 12.4. The Morgan fingerprint density at radius 2 is 2.00 bits per heavy atom. The van der Waals surface area contributed by atoms with Gasteiger partial charge in [-0.25, -0.2) is 0 Å². The van der Waals surface area contributed by atoms with Crippen molar-refractivity contribution < 1.29 is 14.6 Å². The molecule has 17 heavy (non-hydrogen) atoms. The molecule has 2 heterocycles. The number of piperidine rings is 1. The number of carbonyl (C=O) groups is 1. The average Bonchev–Trinajstić information content (AvgIpc) is 2.29. The molecule has 0 spiro atoms. The van der Waals surface area contributed by atoms with E-state index in [1.54, 1.807) is 0 Å². The van der Waals surface area contributed by atoms with Gasteiger partial charge >= 0.3 is 0 Å². The minimum atomic E-state index is -0.713. The van der Waals surface area contributed by atoms with Crippen molar-refractivity contribution in [2.75, 3.05) is 39.8 Å². The van der Waals surface area contributed by atoms with Gasteiger partial charge in [0, 0.05) is 26.2 Å². The van der Waals surface area contributed by atoms with Gasteiger partial charge in [-0.05, 0) is 26.8 Å². The number of likely N-dealkylation sites (N-methyl/N-ethyl adjacent to an activating group) is 1. The first-order valence-corrected chi connectivity index (χ1v) is 6.31. The van der Waals surface area contributed by atoms with Gasteiger partial charge in [-0.1, -0.05) is 0 Å². The van der Waals surface area contributed by atoms with Crippen LogP contribution in [-0.2, 0) is 9.53 Å². The Bertz CT molecular complexity index is 289. The van der Waals surface area contributed by atoms with E-state index >= 15 is 0 Å². The summed E-state index contributed by atoms with van der Waals surface area (Å²) in [7, 11) is 2.01. The van der Waals surface area contributed by atoms with Crippen LogP contribution in [0.4, 0.5) is 0 Å². The standard InChI is InChI=1S/C12H22N2O3/c1-12(9-13(2)7-8-17-12)11(16)14-5-3-10(15)4-6-14/h10,15H,3-9H2,1-2H3/t12-/m1/s1. The molecule has 2 aliphatic heterocycles. The zero-order valence-corrected chi connectivity index (χ0v) is 10.7. The maximum absolute atomic E-state index is 12.4. The summed E-state index contributed by atoms with van der Waals surface area (Å²) in [6.07, 6.45) is 1.11. The molecule has 2 fully saturated rings. The first-order chi connectivity index (χ1) is 8.01. The molecule has 5 heteroatoms. The number of amides is 1. The number of morpholine rings is 1. The third kappa shape index (κ3) is 2.78. The summed E-state index contributed by atoms with van der Waals surface area (Å²) < 4.78 is 5.68. The second kappa shape index (κ2) is 4.92. The van der Waals surface area contributed by atoms with Crippen LogP contribution in [0, 0.1) is 0 Å². The molecule has 0 bridgehead atoms. The summed E-state index contributed by atoms with van der Waals surface area (Å²) in [5.41, 5.74) is -0.713. The van der Waals surface area contributed by atoms with Crippen molar-refractivity contribution in [1.82, 2.24) is 9.80 Å². The lowest BCUT2D eigenvalue weighted by Crippen LogP contribution is -2.59. The molecule has 0 radical (unpaired) electrons. The highest BCUT2D eigenvalue weighted by atomic mass is 16.5. The lowest BCUT2D eigenvalue weighted by molar-refractivity contribution is -0.168. The molecule has 98 valence electrons. The van der Waals surface area contributed by atoms with Gasteiger partial charge in [-0.3, -0.25) is 4.79 Å². The summed E-state index contributed by atoms with van der Waals surface area (Å²) >= 11 is 0. The molecule has 0 aromatic rings. The summed E-state index contributed by atoms with van der Waals surface area (Å²) in [6.45, 7) is 5.28. The van der Waals surface area contributed by atoms with Gasteiger partial charge < -0.3 is 19.6 Å². The third-order valence-corrected chi connectivity index (χ3v) is 3.67. The fraction of sp³-hybridized carbons (Fsp3) is 0.917. The molecule has 2 aliphatic rings. The summed E-state index contributed by atoms with van der Waals surface area (Å²) in [4.78, 5) is 16.4.